The van der Waals surface area contributed by atoms with Crippen LogP contribution in [-0.2, 0) is 6.54 Å². The van der Waals surface area contributed by atoms with Gasteiger partial charge in [-0.1, -0.05) is 37.1 Å². The number of hydrogen-bond acceptors (Lipinski definition) is 3. The summed E-state index contributed by atoms with van der Waals surface area (Å²) in [6.07, 6.45) is 8.32. The molecule has 1 N–H and O–H groups in total. The Morgan fingerprint density at radius 1 is 0.733 bits per heavy atom. The van der Waals surface area contributed by atoms with Gasteiger partial charge in [-0.3, -0.25) is 14.4 Å². The summed E-state index contributed by atoms with van der Waals surface area (Å²) < 4.78 is 2.17. The molecule has 0 atom stereocenters. The van der Waals surface area contributed by atoms with Gasteiger partial charge in [0.05, 0.1) is 0 Å². The predicted octanol–water partition coefficient (Wildman–Crippen LogP) is 4.25. The van der Waals surface area contributed by atoms with Crippen molar-refractivity contribution >= 4 is 17.5 Å². The first kappa shape index (κ1) is 19.8. The first-order chi connectivity index (χ1) is 14.6. The van der Waals surface area contributed by atoms with Crippen molar-refractivity contribution in [3.63, 3.8) is 0 Å². The molecule has 0 aliphatic heterocycles. The summed E-state index contributed by atoms with van der Waals surface area (Å²) in [6.45, 7) is 1.61. The van der Waals surface area contributed by atoms with E-state index >= 15 is 0 Å². The van der Waals surface area contributed by atoms with Crippen molar-refractivity contribution in [3.8, 4) is 0 Å². The molecule has 4 rings (SSSR count). The van der Waals surface area contributed by atoms with E-state index in [-0.39, 0.29) is 17.5 Å². The van der Waals surface area contributed by atoms with Crippen molar-refractivity contribution in [2.45, 2.75) is 32.2 Å². The topological polar surface area (TPSA) is 68.2 Å². The molecule has 0 fully saturated rings. The highest BCUT2D eigenvalue weighted by Gasteiger charge is 2.29. The Bertz CT molecular complexity index is 1080. The van der Waals surface area contributed by atoms with E-state index in [2.05, 4.69) is 22.3 Å². The fraction of sp³-hybridized carbons (Fsp3) is 0.240. The standard InChI is InChI=1S/C25H24N2O3/c28-23-19-9-3-4-10-20(19)24(29)22-17-18(11-12-21(22)23)25(30)26-13-5-1-2-6-14-27-15-7-8-16-27/h3-4,7-12,15-17H,1-2,5-6,13-14H2,(H,26,30). The maximum atomic E-state index is 12.8. The zero-order valence-corrected chi connectivity index (χ0v) is 16.8. The number of aromatic nitrogens is 1. The number of nitrogens with zero attached hydrogens (tertiary/aromatic N) is 1. The van der Waals surface area contributed by atoms with E-state index in [0.717, 1.165) is 32.2 Å². The third-order valence-electron chi connectivity index (χ3n) is 5.48. The Hall–Kier alpha value is -3.47. The van der Waals surface area contributed by atoms with Crippen LogP contribution in [0, 0.1) is 0 Å². The monoisotopic (exact) mass is 400 g/mol. The molecule has 0 bridgehead atoms. The second-order valence-corrected chi connectivity index (χ2v) is 7.56. The van der Waals surface area contributed by atoms with Crippen molar-refractivity contribution in [2.75, 3.05) is 6.54 Å². The van der Waals surface area contributed by atoms with Crippen LogP contribution in [0.2, 0.25) is 0 Å². The van der Waals surface area contributed by atoms with Gasteiger partial charge in [0, 0.05) is 53.3 Å². The zero-order chi connectivity index (χ0) is 20.9. The van der Waals surface area contributed by atoms with E-state index in [1.807, 2.05) is 12.1 Å². The summed E-state index contributed by atoms with van der Waals surface area (Å²) >= 11 is 0. The average Bonchev–Trinajstić information content (AvgIpc) is 3.30. The van der Waals surface area contributed by atoms with Crippen LogP contribution in [0.3, 0.4) is 0 Å². The van der Waals surface area contributed by atoms with Crippen molar-refractivity contribution in [2.24, 2.45) is 0 Å². The molecule has 0 unspecified atom stereocenters. The highest BCUT2D eigenvalue weighted by Crippen LogP contribution is 2.27. The number of unbranched alkanes of at least 4 members (excludes halogenated alkanes) is 3. The van der Waals surface area contributed by atoms with Gasteiger partial charge in [-0.05, 0) is 43.2 Å². The number of carbonyl (C=O) groups is 3. The van der Waals surface area contributed by atoms with Gasteiger partial charge < -0.3 is 9.88 Å². The van der Waals surface area contributed by atoms with Crippen molar-refractivity contribution < 1.29 is 14.4 Å². The fourth-order valence-corrected chi connectivity index (χ4v) is 3.84. The summed E-state index contributed by atoms with van der Waals surface area (Å²) in [4.78, 5) is 37.9. The SMILES string of the molecule is O=C(NCCCCCCn1cccc1)c1ccc2c(c1)C(=O)c1ccccc1C2=O. The average molecular weight is 400 g/mol. The number of ketones is 2. The van der Waals surface area contributed by atoms with Crippen LogP contribution in [0.5, 0.6) is 0 Å². The Morgan fingerprint density at radius 3 is 2.10 bits per heavy atom. The molecule has 0 spiro atoms. The maximum absolute atomic E-state index is 12.8. The van der Waals surface area contributed by atoms with E-state index in [9.17, 15) is 14.4 Å². The molecule has 1 heterocycles. The summed E-state index contributed by atoms with van der Waals surface area (Å²) in [6, 6.07) is 15.6. The molecule has 1 aliphatic rings. The molecule has 0 radical (unpaired) electrons. The summed E-state index contributed by atoms with van der Waals surface area (Å²) in [5, 5.41) is 2.92. The molecule has 0 saturated carbocycles. The van der Waals surface area contributed by atoms with E-state index in [4.69, 9.17) is 0 Å². The summed E-state index contributed by atoms with van der Waals surface area (Å²) in [7, 11) is 0. The molecule has 5 heteroatoms. The summed E-state index contributed by atoms with van der Waals surface area (Å²) in [5.74, 6) is -0.603. The maximum Gasteiger partial charge on any atom is 0.251 e. The minimum atomic E-state index is -0.218. The molecule has 0 saturated heterocycles. The Labute approximate surface area is 175 Å². The van der Waals surface area contributed by atoms with Crippen LogP contribution in [0.15, 0.2) is 67.0 Å². The first-order valence-electron chi connectivity index (χ1n) is 10.4. The molecule has 5 nitrogen and oxygen atoms in total. The van der Waals surface area contributed by atoms with Crippen LogP contribution in [0.25, 0.3) is 0 Å². The molecule has 2 aromatic carbocycles. The first-order valence-corrected chi connectivity index (χ1v) is 10.4. The normalized spacial score (nSPS) is 12.4. The molecule has 30 heavy (non-hydrogen) atoms. The van der Waals surface area contributed by atoms with E-state index in [1.165, 1.54) is 6.07 Å². The minimum absolute atomic E-state index is 0.174. The van der Waals surface area contributed by atoms with Gasteiger partial charge in [0.2, 0.25) is 0 Å². The molecule has 1 aromatic heterocycles. The van der Waals surface area contributed by atoms with Gasteiger partial charge in [-0.2, -0.15) is 0 Å². The Balaban J connectivity index is 1.30. The quantitative estimate of drug-likeness (QED) is 0.450. The van der Waals surface area contributed by atoms with Crippen LogP contribution >= 0.6 is 0 Å². The lowest BCUT2D eigenvalue weighted by Crippen LogP contribution is -2.26. The smallest absolute Gasteiger partial charge is 0.251 e. The number of benzene rings is 2. The molecular weight excluding hydrogens is 376 g/mol. The highest BCUT2D eigenvalue weighted by atomic mass is 16.2. The number of aryl methyl sites for hydroxylation is 1. The van der Waals surface area contributed by atoms with Gasteiger partial charge in [0.1, 0.15) is 0 Å². The van der Waals surface area contributed by atoms with Gasteiger partial charge in [-0.15, -0.1) is 0 Å². The molecule has 3 aromatic rings. The van der Waals surface area contributed by atoms with Crippen LogP contribution in [0.4, 0.5) is 0 Å². The number of rotatable bonds is 8. The third kappa shape index (κ3) is 4.10. The van der Waals surface area contributed by atoms with Gasteiger partial charge >= 0.3 is 0 Å². The molecule has 152 valence electrons. The van der Waals surface area contributed by atoms with Gasteiger partial charge in [0.15, 0.2) is 11.6 Å². The lowest BCUT2D eigenvalue weighted by Gasteiger charge is -2.18. The highest BCUT2D eigenvalue weighted by molar-refractivity contribution is 6.28. The van der Waals surface area contributed by atoms with Gasteiger partial charge in [0.25, 0.3) is 5.91 Å². The van der Waals surface area contributed by atoms with Gasteiger partial charge in [-0.25, -0.2) is 0 Å². The van der Waals surface area contributed by atoms with Crippen molar-refractivity contribution in [1.82, 2.24) is 9.88 Å². The number of carbonyl (C=O) groups excluding carboxylic acids is 3. The number of amides is 1. The largest absolute Gasteiger partial charge is 0.354 e. The molecular formula is C25H24N2O3. The van der Waals surface area contributed by atoms with Crippen LogP contribution in [-0.4, -0.2) is 28.6 Å². The number of fused-ring (bicyclic) bond motifs is 2. The van der Waals surface area contributed by atoms with Crippen LogP contribution < -0.4 is 5.32 Å². The molecule has 1 amide bonds. The van der Waals surface area contributed by atoms with Crippen molar-refractivity contribution in [3.05, 3.63) is 94.8 Å². The second kappa shape index (κ2) is 8.91. The minimum Gasteiger partial charge on any atom is -0.354 e. The van der Waals surface area contributed by atoms with E-state index in [0.29, 0.717) is 34.4 Å². The summed E-state index contributed by atoms with van der Waals surface area (Å²) in [5.41, 5.74) is 1.88. The Morgan fingerprint density at radius 2 is 1.37 bits per heavy atom. The third-order valence-corrected chi connectivity index (χ3v) is 5.48. The fourth-order valence-electron chi connectivity index (χ4n) is 3.84. The lowest BCUT2D eigenvalue weighted by molar-refractivity contribution is 0.0950. The lowest BCUT2D eigenvalue weighted by atomic mass is 9.83. The zero-order valence-electron chi connectivity index (χ0n) is 16.8. The molecule has 1 aliphatic carbocycles. The predicted molar refractivity (Wildman–Crippen MR) is 115 cm³/mol. The van der Waals surface area contributed by atoms with E-state index in [1.54, 1.807) is 36.4 Å². The number of nitrogens with one attached hydrogen (secondary N) is 1. The van der Waals surface area contributed by atoms with Crippen LogP contribution in [0.1, 0.15) is 67.9 Å². The second-order valence-electron chi connectivity index (χ2n) is 7.56. The Kier molecular flexibility index (Phi) is 5.89. The van der Waals surface area contributed by atoms with E-state index < -0.39 is 0 Å². The number of hydrogen-bond donors (Lipinski definition) is 1. The van der Waals surface area contributed by atoms with Crippen molar-refractivity contribution in [1.29, 1.82) is 0 Å².